The number of hydrogen-bond acceptors (Lipinski definition) is 6. The Bertz CT molecular complexity index is 1180. The lowest BCUT2D eigenvalue weighted by Crippen LogP contribution is -2.61. The van der Waals surface area contributed by atoms with Crippen molar-refractivity contribution in [3.63, 3.8) is 0 Å². The number of benzene rings is 1. The van der Waals surface area contributed by atoms with Gasteiger partial charge in [0, 0.05) is 24.6 Å². The minimum absolute atomic E-state index is 0.0341. The molecule has 4 atom stereocenters. The number of ether oxygens (including phenoxy) is 1. The Morgan fingerprint density at radius 1 is 1.05 bits per heavy atom. The fourth-order valence-electron chi connectivity index (χ4n) is 5.44. The van der Waals surface area contributed by atoms with Crippen LogP contribution >= 0.6 is 0 Å². The van der Waals surface area contributed by atoms with Crippen LogP contribution in [0.25, 0.3) is 0 Å². The monoisotopic (exact) mass is 582 g/mol. The van der Waals surface area contributed by atoms with Gasteiger partial charge in [0.2, 0.25) is 11.8 Å². The van der Waals surface area contributed by atoms with E-state index in [1.165, 1.54) is 12.0 Å². The first-order valence-electron chi connectivity index (χ1n) is 14.5. The molecule has 9 nitrogen and oxygen atoms in total. The van der Waals surface area contributed by atoms with Crippen LogP contribution in [-0.4, -0.2) is 85.4 Å². The molecule has 2 N–H and O–H groups in total. The van der Waals surface area contributed by atoms with Crippen LogP contribution in [0, 0.1) is 11.3 Å². The SMILES string of the molecule is CN[C@H](C(=O)N[C@H](C(=O)N(C)[C@H](/C=C(\C)C(=O)N1CC=C[C@@H]1C(=O)OC)C(C)C)C(C)(C)C)C(C)(C)c1ccccc1. The second-order valence-electron chi connectivity index (χ2n) is 13.0. The van der Waals surface area contributed by atoms with Crippen LogP contribution in [0.2, 0.25) is 0 Å². The number of carbonyl (C=O) groups is 4. The molecule has 9 heteroatoms. The van der Waals surface area contributed by atoms with Crippen LogP contribution in [0.3, 0.4) is 0 Å². The Morgan fingerprint density at radius 2 is 1.64 bits per heavy atom. The number of esters is 1. The van der Waals surface area contributed by atoms with Crippen molar-refractivity contribution in [1.82, 2.24) is 20.4 Å². The number of rotatable bonds is 11. The Labute approximate surface area is 251 Å². The number of carbonyl (C=O) groups excluding carboxylic acids is 4. The van der Waals surface area contributed by atoms with E-state index in [0.29, 0.717) is 12.1 Å². The predicted molar refractivity (Wildman–Crippen MR) is 166 cm³/mol. The molecule has 0 aliphatic carbocycles. The van der Waals surface area contributed by atoms with Crippen LogP contribution < -0.4 is 10.6 Å². The van der Waals surface area contributed by atoms with Gasteiger partial charge in [0.25, 0.3) is 5.91 Å². The Morgan fingerprint density at radius 3 is 2.14 bits per heavy atom. The molecule has 1 aromatic rings. The average molecular weight is 583 g/mol. The molecule has 2 rings (SSSR count). The highest BCUT2D eigenvalue weighted by Crippen LogP contribution is 2.29. The molecule has 0 spiro atoms. The lowest BCUT2D eigenvalue weighted by molar-refractivity contribution is -0.148. The summed E-state index contributed by atoms with van der Waals surface area (Å²) in [5.41, 5.74) is 0.275. The summed E-state index contributed by atoms with van der Waals surface area (Å²) in [5, 5.41) is 6.22. The molecule has 1 aliphatic rings. The Balaban J connectivity index is 2.33. The lowest BCUT2D eigenvalue weighted by atomic mass is 9.76. The first-order valence-corrected chi connectivity index (χ1v) is 14.5. The van der Waals surface area contributed by atoms with Crippen LogP contribution in [-0.2, 0) is 29.3 Å². The maximum Gasteiger partial charge on any atom is 0.332 e. The topological polar surface area (TPSA) is 108 Å². The molecule has 0 unspecified atom stereocenters. The Hall–Kier alpha value is -3.46. The van der Waals surface area contributed by atoms with Crippen LogP contribution in [0.4, 0.5) is 0 Å². The van der Waals surface area contributed by atoms with Gasteiger partial charge < -0.3 is 25.2 Å². The van der Waals surface area contributed by atoms with E-state index in [4.69, 9.17) is 4.74 Å². The Kier molecular flexibility index (Phi) is 11.7. The van der Waals surface area contributed by atoms with Crippen LogP contribution in [0.5, 0.6) is 0 Å². The van der Waals surface area contributed by atoms with E-state index in [9.17, 15) is 19.2 Å². The molecule has 0 saturated heterocycles. The predicted octanol–water partition coefficient (Wildman–Crippen LogP) is 3.45. The summed E-state index contributed by atoms with van der Waals surface area (Å²) in [7, 11) is 4.74. The third-order valence-corrected chi connectivity index (χ3v) is 8.09. The number of amides is 3. The number of nitrogens with one attached hydrogen (secondary N) is 2. The lowest BCUT2D eigenvalue weighted by Gasteiger charge is -2.40. The maximum atomic E-state index is 14.1. The molecule has 1 aliphatic heterocycles. The van der Waals surface area contributed by atoms with Gasteiger partial charge in [0.1, 0.15) is 12.1 Å². The van der Waals surface area contributed by atoms with Crippen molar-refractivity contribution in [3.8, 4) is 0 Å². The van der Waals surface area contributed by atoms with Gasteiger partial charge in [-0.2, -0.15) is 0 Å². The number of nitrogens with zero attached hydrogens (tertiary/aromatic N) is 2. The van der Waals surface area contributed by atoms with Gasteiger partial charge in [-0.25, -0.2) is 4.79 Å². The molecule has 1 heterocycles. The third-order valence-electron chi connectivity index (χ3n) is 8.09. The molecule has 232 valence electrons. The molecule has 0 saturated carbocycles. The standard InChI is InChI=1S/C33H50N4O5/c1-21(2)25(20-22(3)29(39)37-19-15-18-24(37)31(41)42-11)36(10)30(40)27(32(4,5)6)35-28(38)26(34-9)33(7,8)23-16-13-12-14-17-23/h12-18,20-21,24-27,34H,19H2,1-11H3,(H,35,38)/b22-20+/t24-,25-,26-,27-/m1/s1. The zero-order valence-corrected chi connectivity index (χ0v) is 27.1. The minimum Gasteiger partial charge on any atom is -0.467 e. The normalized spacial score (nSPS) is 18.0. The van der Waals surface area contributed by atoms with Gasteiger partial charge in [-0.3, -0.25) is 14.4 Å². The average Bonchev–Trinajstić information content (AvgIpc) is 3.43. The van der Waals surface area contributed by atoms with Crippen molar-refractivity contribution in [2.24, 2.45) is 11.3 Å². The van der Waals surface area contributed by atoms with E-state index >= 15 is 0 Å². The molecule has 42 heavy (non-hydrogen) atoms. The molecule has 0 fully saturated rings. The van der Waals surface area contributed by atoms with Gasteiger partial charge in [0.05, 0.1) is 19.2 Å². The molecule has 0 aromatic heterocycles. The van der Waals surface area contributed by atoms with E-state index in [1.54, 1.807) is 44.1 Å². The highest BCUT2D eigenvalue weighted by atomic mass is 16.5. The third kappa shape index (κ3) is 7.88. The van der Waals surface area contributed by atoms with Gasteiger partial charge in [0.15, 0.2) is 0 Å². The van der Waals surface area contributed by atoms with Crippen LogP contribution in [0.15, 0.2) is 54.1 Å². The zero-order valence-electron chi connectivity index (χ0n) is 27.1. The summed E-state index contributed by atoms with van der Waals surface area (Å²) < 4.78 is 4.85. The molecule has 1 aromatic carbocycles. The fraction of sp³-hybridized carbons (Fsp3) is 0.576. The van der Waals surface area contributed by atoms with Crippen LogP contribution in [0.1, 0.15) is 61.0 Å². The van der Waals surface area contributed by atoms with E-state index in [-0.39, 0.29) is 23.6 Å². The van der Waals surface area contributed by atoms with E-state index in [0.717, 1.165) is 5.56 Å². The molecular weight excluding hydrogens is 532 g/mol. The van der Waals surface area contributed by atoms with Crippen molar-refractivity contribution >= 4 is 23.7 Å². The largest absolute Gasteiger partial charge is 0.467 e. The quantitative estimate of drug-likeness (QED) is 0.235. The van der Waals surface area contributed by atoms with Gasteiger partial charge in [-0.15, -0.1) is 0 Å². The van der Waals surface area contributed by atoms with Crippen molar-refractivity contribution in [3.05, 3.63) is 59.7 Å². The van der Waals surface area contributed by atoms with Gasteiger partial charge in [-0.05, 0) is 30.9 Å². The summed E-state index contributed by atoms with van der Waals surface area (Å²) in [6, 6.07) is 7.18. The second-order valence-corrected chi connectivity index (χ2v) is 13.0. The number of methoxy groups -OCH3 is 1. The maximum absolute atomic E-state index is 14.1. The smallest absolute Gasteiger partial charge is 0.332 e. The number of hydrogen-bond donors (Lipinski definition) is 2. The fourth-order valence-corrected chi connectivity index (χ4v) is 5.44. The summed E-state index contributed by atoms with van der Waals surface area (Å²) in [5.74, 6) is -1.37. The van der Waals surface area contributed by atoms with E-state index in [2.05, 4.69) is 10.6 Å². The van der Waals surface area contributed by atoms with E-state index in [1.807, 2.05) is 78.8 Å². The van der Waals surface area contributed by atoms with Gasteiger partial charge in [-0.1, -0.05) is 97.0 Å². The van der Waals surface area contributed by atoms with Gasteiger partial charge >= 0.3 is 5.97 Å². The summed E-state index contributed by atoms with van der Waals surface area (Å²) in [6.07, 6.45) is 5.19. The molecular formula is C33H50N4O5. The summed E-state index contributed by atoms with van der Waals surface area (Å²) >= 11 is 0. The van der Waals surface area contributed by atoms with Crippen molar-refractivity contribution < 1.29 is 23.9 Å². The summed E-state index contributed by atoms with van der Waals surface area (Å²) in [4.78, 5) is 56.4. The van der Waals surface area contributed by atoms with Crippen molar-refractivity contribution in [2.75, 3.05) is 27.7 Å². The highest BCUT2D eigenvalue weighted by Gasteiger charge is 2.42. The number of likely N-dealkylation sites (N-methyl/N-ethyl adjacent to an activating group) is 2. The molecule has 0 radical (unpaired) electrons. The second kappa shape index (κ2) is 14.1. The first kappa shape index (κ1) is 34.7. The van der Waals surface area contributed by atoms with Crippen molar-refractivity contribution in [2.45, 2.75) is 85.0 Å². The minimum atomic E-state index is -0.824. The van der Waals surface area contributed by atoms with E-state index < -0.39 is 41.0 Å². The van der Waals surface area contributed by atoms with Crippen molar-refractivity contribution in [1.29, 1.82) is 0 Å². The first-order chi connectivity index (χ1) is 19.5. The highest BCUT2D eigenvalue weighted by molar-refractivity contribution is 5.97. The summed E-state index contributed by atoms with van der Waals surface area (Å²) in [6.45, 7) is 15.7. The molecule has 0 bridgehead atoms. The molecule has 3 amide bonds. The zero-order chi connectivity index (χ0) is 32.0.